The van der Waals surface area contributed by atoms with Crippen molar-refractivity contribution in [3.63, 3.8) is 0 Å². The number of benzene rings is 1. The van der Waals surface area contributed by atoms with Gasteiger partial charge in [0, 0.05) is 6.21 Å². The van der Waals surface area contributed by atoms with E-state index in [9.17, 15) is 9.18 Å². The zero-order chi connectivity index (χ0) is 17.7. The number of aromatic nitrogens is 1. The molecule has 0 spiro atoms. The molecule has 0 saturated heterocycles. The molecule has 1 amide bonds. The summed E-state index contributed by atoms with van der Waals surface area (Å²) in [6.07, 6.45) is 3.53. The Bertz CT molecular complexity index is 831. The summed E-state index contributed by atoms with van der Waals surface area (Å²) in [5.41, 5.74) is 2.81. The standard InChI is InChI=1S/C14H9BrCl2FN5O/c15-9-5-10(16)8(4-12(9)18)14(24)22-7-3-11(17)13(20-6-7)23-21-2-1-19/h1-6,19H,(H,20,23)(H,22,24)/b19-1?,21-2-. The Hall–Kier alpha value is -2.03. The lowest BCUT2D eigenvalue weighted by Crippen LogP contribution is -2.13. The second-order valence-corrected chi connectivity index (χ2v) is 5.98. The first kappa shape index (κ1) is 18.3. The van der Waals surface area contributed by atoms with Gasteiger partial charge < -0.3 is 10.7 Å². The first-order chi connectivity index (χ1) is 11.4. The molecule has 1 aromatic heterocycles. The summed E-state index contributed by atoms with van der Waals surface area (Å²) in [6.45, 7) is 0. The van der Waals surface area contributed by atoms with Crippen LogP contribution in [-0.4, -0.2) is 23.3 Å². The predicted octanol–water partition coefficient (Wildman–Crippen LogP) is 4.59. The van der Waals surface area contributed by atoms with E-state index < -0.39 is 11.7 Å². The molecule has 124 valence electrons. The normalized spacial score (nSPS) is 10.7. The number of anilines is 2. The molecular formula is C14H9BrCl2FN5O. The Kier molecular flexibility index (Phi) is 6.24. The molecule has 1 heterocycles. The van der Waals surface area contributed by atoms with E-state index in [0.29, 0.717) is 5.69 Å². The van der Waals surface area contributed by atoms with E-state index in [1.54, 1.807) is 0 Å². The minimum atomic E-state index is -0.607. The molecule has 0 aliphatic rings. The highest BCUT2D eigenvalue weighted by molar-refractivity contribution is 9.10. The highest BCUT2D eigenvalue weighted by atomic mass is 79.9. The van der Waals surface area contributed by atoms with Crippen molar-refractivity contribution in [3.8, 4) is 0 Å². The van der Waals surface area contributed by atoms with Crippen LogP contribution in [0.25, 0.3) is 0 Å². The number of hydrogen-bond donors (Lipinski definition) is 3. The number of rotatable bonds is 5. The van der Waals surface area contributed by atoms with E-state index in [1.165, 1.54) is 24.5 Å². The molecule has 0 atom stereocenters. The van der Waals surface area contributed by atoms with Gasteiger partial charge in [0.15, 0.2) is 5.82 Å². The van der Waals surface area contributed by atoms with Crippen molar-refractivity contribution in [2.45, 2.75) is 0 Å². The molecular weight excluding hydrogens is 424 g/mol. The fraction of sp³-hybridized carbons (Fsp3) is 0. The van der Waals surface area contributed by atoms with Gasteiger partial charge in [0.2, 0.25) is 0 Å². The zero-order valence-electron chi connectivity index (χ0n) is 11.8. The van der Waals surface area contributed by atoms with Crippen molar-refractivity contribution >= 4 is 69.0 Å². The van der Waals surface area contributed by atoms with Crippen molar-refractivity contribution in [2.75, 3.05) is 10.7 Å². The molecule has 0 bridgehead atoms. The summed E-state index contributed by atoms with van der Waals surface area (Å²) >= 11 is 15.0. The van der Waals surface area contributed by atoms with Gasteiger partial charge in [-0.25, -0.2) is 9.37 Å². The fourth-order valence-electron chi connectivity index (χ4n) is 1.62. The second kappa shape index (κ2) is 8.18. The molecule has 24 heavy (non-hydrogen) atoms. The number of nitrogens with one attached hydrogen (secondary N) is 3. The molecule has 2 rings (SSSR count). The Morgan fingerprint density at radius 2 is 2.08 bits per heavy atom. The summed E-state index contributed by atoms with van der Waals surface area (Å²) in [4.78, 5) is 16.2. The Balaban J connectivity index is 2.18. The van der Waals surface area contributed by atoms with E-state index >= 15 is 0 Å². The molecule has 0 unspecified atom stereocenters. The summed E-state index contributed by atoms with van der Waals surface area (Å²) in [7, 11) is 0. The second-order valence-electron chi connectivity index (χ2n) is 4.31. The van der Waals surface area contributed by atoms with Crippen molar-refractivity contribution in [1.82, 2.24) is 4.98 Å². The van der Waals surface area contributed by atoms with Gasteiger partial charge in [0.25, 0.3) is 5.91 Å². The smallest absolute Gasteiger partial charge is 0.257 e. The third-order valence-electron chi connectivity index (χ3n) is 2.67. The fourth-order valence-corrected chi connectivity index (χ4v) is 2.55. The molecule has 6 nitrogen and oxygen atoms in total. The maximum Gasteiger partial charge on any atom is 0.257 e. The van der Waals surface area contributed by atoms with Crippen molar-refractivity contribution in [1.29, 1.82) is 5.41 Å². The van der Waals surface area contributed by atoms with Gasteiger partial charge in [-0.3, -0.25) is 10.2 Å². The van der Waals surface area contributed by atoms with Gasteiger partial charge in [-0.2, -0.15) is 5.10 Å². The number of halogens is 4. The number of carbonyl (C=O) groups is 1. The lowest BCUT2D eigenvalue weighted by Gasteiger charge is -2.09. The van der Waals surface area contributed by atoms with Crippen LogP contribution in [-0.2, 0) is 0 Å². The Morgan fingerprint density at radius 3 is 2.75 bits per heavy atom. The van der Waals surface area contributed by atoms with E-state index in [-0.39, 0.29) is 25.9 Å². The molecule has 0 radical (unpaired) electrons. The van der Waals surface area contributed by atoms with Crippen molar-refractivity contribution < 1.29 is 9.18 Å². The minimum absolute atomic E-state index is 0.0220. The monoisotopic (exact) mass is 431 g/mol. The minimum Gasteiger partial charge on any atom is -0.320 e. The average Bonchev–Trinajstić information content (AvgIpc) is 2.53. The first-order valence-corrected chi connectivity index (χ1v) is 7.87. The van der Waals surface area contributed by atoms with Gasteiger partial charge in [-0.1, -0.05) is 23.2 Å². The highest BCUT2D eigenvalue weighted by Gasteiger charge is 2.15. The van der Waals surface area contributed by atoms with Crippen LogP contribution in [0.4, 0.5) is 15.9 Å². The SMILES string of the molecule is N=C/C=N\Nc1ncc(NC(=O)c2cc(F)c(Br)cc2Cl)cc1Cl. The number of nitrogens with zero attached hydrogens (tertiary/aromatic N) is 2. The van der Waals surface area contributed by atoms with E-state index in [1.807, 2.05) is 0 Å². The van der Waals surface area contributed by atoms with Crippen LogP contribution in [0.15, 0.2) is 34.0 Å². The van der Waals surface area contributed by atoms with E-state index in [0.717, 1.165) is 12.3 Å². The maximum atomic E-state index is 13.6. The highest BCUT2D eigenvalue weighted by Crippen LogP contribution is 2.27. The van der Waals surface area contributed by atoms with Crippen LogP contribution in [0.5, 0.6) is 0 Å². The quantitative estimate of drug-likeness (QED) is 0.366. The number of carbonyl (C=O) groups excluding carboxylic acids is 1. The molecule has 2 aromatic rings. The average molecular weight is 433 g/mol. The number of hydrogen-bond acceptors (Lipinski definition) is 5. The van der Waals surface area contributed by atoms with E-state index in [2.05, 4.69) is 36.8 Å². The van der Waals surface area contributed by atoms with Gasteiger partial charge >= 0.3 is 0 Å². The lowest BCUT2D eigenvalue weighted by molar-refractivity contribution is 0.102. The molecule has 0 aliphatic heterocycles. The lowest BCUT2D eigenvalue weighted by atomic mass is 10.2. The summed E-state index contributed by atoms with van der Waals surface area (Å²) in [6, 6.07) is 3.77. The molecule has 0 fully saturated rings. The zero-order valence-corrected chi connectivity index (χ0v) is 14.9. The summed E-state index contributed by atoms with van der Waals surface area (Å²) < 4.78 is 13.7. The van der Waals surface area contributed by atoms with Crippen LogP contribution in [0, 0.1) is 11.2 Å². The van der Waals surface area contributed by atoms with Gasteiger partial charge in [0.1, 0.15) is 5.82 Å². The Labute approximate surface area is 154 Å². The van der Waals surface area contributed by atoms with E-state index in [4.69, 9.17) is 28.6 Å². The molecule has 0 aliphatic carbocycles. The van der Waals surface area contributed by atoms with Crippen LogP contribution >= 0.6 is 39.1 Å². The van der Waals surface area contributed by atoms with Crippen LogP contribution in [0.1, 0.15) is 10.4 Å². The van der Waals surface area contributed by atoms with Gasteiger partial charge in [-0.15, -0.1) is 0 Å². The molecule has 0 saturated carbocycles. The van der Waals surface area contributed by atoms with Gasteiger partial charge in [-0.05, 0) is 34.1 Å². The third kappa shape index (κ3) is 4.50. The summed E-state index contributed by atoms with van der Waals surface area (Å²) in [5, 5.41) is 13.3. The van der Waals surface area contributed by atoms with Crippen LogP contribution in [0.3, 0.4) is 0 Å². The molecule has 3 N–H and O–H groups in total. The molecule has 10 heteroatoms. The summed E-state index contributed by atoms with van der Waals surface area (Å²) in [5.74, 6) is -0.961. The predicted molar refractivity (Wildman–Crippen MR) is 97.2 cm³/mol. The largest absolute Gasteiger partial charge is 0.320 e. The number of amides is 1. The van der Waals surface area contributed by atoms with Crippen LogP contribution in [0.2, 0.25) is 10.0 Å². The number of pyridine rings is 1. The Morgan fingerprint density at radius 1 is 1.33 bits per heavy atom. The number of hydrazone groups is 1. The maximum absolute atomic E-state index is 13.6. The van der Waals surface area contributed by atoms with Crippen molar-refractivity contribution in [3.05, 3.63) is 50.3 Å². The topological polar surface area (TPSA) is 90.2 Å². The molecule has 1 aromatic carbocycles. The van der Waals surface area contributed by atoms with Crippen LogP contribution < -0.4 is 10.7 Å². The van der Waals surface area contributed by atoms with Crippen molar-refractivity contribution in [2.24, 2.45) is 5.10 Å². The third-order valence-corrected chi connectivity index (χ3v) is 3.88. The van der Waals surface area contributed by atoms with Gasteiger partial charge in [0.05, 0.1) is 38.2 Å². The first-order valence-electron chi connectivity index (χ1n) is 6.32.